The summed E-state index contributed by atoms with van der Waals surface area (Å²) in [5.74, 6) is -0.250. The number of carbonyl (C=O) groups is 1. The molecule has 2 aromatic rings. The van der Waals surface area contributed by atoms with Crippen molar-refractivity contribution in [2.45, 2.75) is 0 Å². The van der Waals surface area contributed by atoms with Gasteiger partial charge in [-0.2, -0.15) is 0 Å². The molecule has 0 amide bonds. The van der Waals surface area contributed by atoms with E-state index >= 15 is 0 Å². The molecule has 22 heavy (non-hydrogen) atoms. The molecular weight excluding hydrogens is 480 g/mol. The van der Waals surface area contributed by atoms with E-state index in [0.29, 0.717) is 10.6 Å². The smallest absolute Gasteiger partial charge is 0.363 e. The third-order valence-corrected chi connectivity index (χ3v) is 4.43. The molecule has 0 aliphatic carbocycles. The first-order chi connectivity index (χ1) is 10.5. The number of halogens is 3. The van der Waals surface area contributed by atoms with Gasteiger partial charge in [0.15, 0.2) is 5.70 Å². The van der Waals surface area contributed by atoms with Crippen molar-refractivity contribution >= 4 is 68.1 Å². The molecule has 0 fully saturated rings. The fourth-order valence-corrected chi connectivity index (χ4v) is 3.05. The first-order valence-corrected chi connectivity index (χ1v) is 8.51. The number of aliphatic imine (C=N–C) groups is 1. The standard InChI is InChI=1S/C16H8BrClINO2/c17-10-3-1-2-9(6-10)7-14-16(21)22-15(20-14)12-8-11(19)4-5-13(12)18/h1-8H/b14-7+. The number of ether oxygens (including phenoxy) is 1. The van der Waals surface area contributed by atoms with Crippen LogP contribution < -0.4 is 0 Å². The maximum absolute atomic E-state index is 12.0. The fraction of sp³-hybridized carbons (Fsp3) is 0. The first kappa shape index (κ1) is 15.7. The second-order valence-corrected chi connectivity index (χ2v) is 7.08. The lowest BCUT2D eigenvalue weighted by atomic mass is 10.2. The molecule has 0 saturated heterocycles. The number of rotatable bonds is 2. The number of nitrogens with zero attached hydrogens (tertiary/aromatic N) is 1. The lowest BCUT2D eigenvalue weighted by molar-refractivity contribution is -0.129. The molecule has 0 radical (unpaired) electrons. The Morgan fingerprint density at radius 3 is 2.82 bits per heavy atom. The molecule has 1 heterocycles. The third-order valence-electron chi connectivity index (χ3n) is 2.93. The summed E-state index contributed by atoms with van der Waals surface area (Å²) in [6, 6.07) is 13.0. The van der Waals surface area contributed by atoms with E-state index in [-0.39, 0.29) is 11.6 Å². The molecule has 3 nitrogen and oxygen atoms in total. The summed E-state index contributed by atoms with van der Waals surface area (Å²) in [4.78, 5) is 16.3. The van der Waals surface area contributed by atoms with Gasteiger partial charge in [0.2, 0.25) is 5.90 Å². The van der Waals surface area contributed by atoms with Crippen molar-refractivity contribution in [3.8, 4) is 0 Å². The molecule has 0 atom stereocenters. The molecular formula is C16H8BrClINO2. The van der Waals surface area contributed by atoms with Crippen LogP contribution in [0.2, 0.25) is 5.02 Å². The third kappa shape index (κ3) is 3.42. The molecule has 0 unspecified atom stereocenters. The minimum Gasteiger partial charge on any atom is -0.402 e. The number of hydrogen-bond acceptors (Lipinski definition) is 3. The molecule has 6 heteroatoms. The first-order valence-electron chi connectivity index (χ1n) is 6.26. The van der Waals surface area contributed by atoms with Gasteiger partial charge in [-0.25, -0.2) is 9.79 Å². The van der Waals surface area contributed by atoms with Gasteiger partial charge in [-0.1, -0.05) is 39.7 Å². The number of hydrogen-bond donors (Lipinski definition) is 0. The molecule has 1 aliphatic rings. The topological polar surface area (TPSA) is 38.7 Å². The molecule has 1 aliphatic heterocycles. The molecule has 0 aromatic heterocycles. The second-order valence-electron chi connectivity index (χ2n) is 4.52. The van der Waals surface area contributed by atoms with Crippen LogP contribution in [0.15, 0.2) is 57.6 Å². The molecule has 0 saturated carbocycles. The van der Waals surface area contributed by atoms with E-state index in [4.69, 9.17) is 16.3 Å². The summed E-state index contributed by atoms with van der Waals surface area (Å²) in [7, 11) is 0. The van der Waals surface area contributed by atoms with E-state index in [1.807, 2.05) is 36.4 Å². The molecule has 0 N–H and O–H groups in total. The predicted molar refractivity (Wildman–Crippen MR) is 98.9 cm³/mol. The minimum atomic E-state index is -0.482. The highest BCUT2D eigenvalue weighted by atomic mass is 127. The zero-order chi connectivity index (χ0) is 15.7. The maximum atomic E-state index is 12.0. The van der Waals surface area contributed by atoms with Gasteiger partial charge in [0, 0.05) is 8.04 Å². The highest BCUT2D eigenvalue weighted by Gasteiger charge is 2.25. The van der Waals surface area contributed by atoms with E-state index in [2.05, 4.69) is 43.5 Å². The summed E-state index contributed by atoms with van der Waals surface area (Å²) < 4.78 is 7.16. The second kappa shape index (κ2) is 6.52. The van der Waals surface area contributed by atoms with Gasteiger partial charge in [0.1, 0.15) is 0 Å². The summed E-state index contributed by atoms with van der Waals surface area (Å²) in [6.45, 7) is 0. The Morgan fingerprint density at radius 2 is 2.05 bits per heavy atom. The van der Waals surface area contributed by atoms with Crippen molar-refractivity contribution in [3.05, 3.63) is 72.4 Å². The molecule has 0 bridgehead atoms. The largest absolute Gasteiger partial charge is 0.402 e. The van der Waals surface area contributed by atoms with Gasteiger partial charge in [-0.3, -0.25) is 0 Å². The summed E-state index contributed by atoms with van der Waals surface area (Å²) in [5.41, 5.74) is 1.72. The van der Waals surface area contributed by atoms with Crippen LogP contribution in [0.3, 0.4) is 0 Å². The molecule has 0 spiro atoms. The zero-order valence-corrected chi connectivity index (χ0v) is 15.5. The predicted octanol–water partition coefficient (Wildman–Crippen LogP) is 5.05. The number of benzene rings is 2. The lowest BCUT2D eigenvalue weighted by Gasteiger charge is -2.02. The van der Waals surface area contributed by atoms with E-state index in [9.17, 15) is 4.79 Å². The SMILES string of the molecule is O=C1OC(c2cc(I)ccc2Cl)=N/C1=C/c1cccc(Br)c1. The summed E-state index contributed by atoms with van der Waals surface area (Å²) >= 11 is 11.7. The molecule has 3 rings (SSSR count). The van der Waals surface area contributed by atoms with Crippen LogP contribution >= 0.6 is 50.1 Å². The summed E-state index contributed by atoms with van der Waals surface area (Å²) in [5, 5.41) is 0.496. The van der Waals surface area contributed by atoms with Crippen LogP contribution in [0.25, 0.3) is 6.08 Å². The minimum absolute atomic E-state index is 0.231. The van der Waals surface area contributed by atoms with Gasteiger partial charge < -0.3 is 4.74 Å². The van der Waals surface area contributed by atoms with Gasteiger partial charge in [-0.05, 0) is 64.6 Å². The Labute approximate surface area is 154 Å². The Hall–Kier alpha value is -1.18. The van der Waals surface area contributed by atoms with Crippen molar-refractivity contribution in [2.75, 3.05) is 0 Å². The Bertz CT molecular complexity index is 833. The molecule has 110 valence electrons. The number of cyclic esters (lactones) is 1. The van der Waals surface area contributed by atoms with E-state index < -0.39 is 5.97 Å². The summed E-state index contributed by atoms with van der Waals surface area (Å²) in [6.07, 6.45) is 1.68. The quantitative estimate of drug-likeness (QED) is 0.337. The van der Waals surface area contributed by atoms with Crippen molar-refractivity contribution < 1.29 is 9.53 Å². The Morgan fingerprint density at radius 1 is 1.23 bits per heavy atom. The van der Waals surface area contributed by atoms with Crippen LogP contribution in [0.1, 0.15) is 11.1 Å². The fourth-order valence-electron chi connectivity index (χ4n) is 1.94. The van der Waals surface area contributed by atoms with Gasteiger partial charge in [0.05, 0.1) is 10.6 Å². The van der Waals surface area contributed by atoms with Gasteiger partial charge in [-0.15, -0.1) is 0 Å². The maximum Gasteiger partial charge on any atom is 0.363 e. The van der Waals surface area contributed by atoms with Crippen molar-refractivity contribution in [3.63, 3.8) is 0 Å². The lowest BCUT2D eigenvalue weighted by Crippen LogP contribution is -2.06. The highest BCUT2D eigenvalue weighted by molar-refractivity contribution is 14.1. The molecule has 2 aromatic carbocycles. The van der Waals surface area contributed by atoms with E-state index in [1.165, 1.54) is 0 Å². The van der Waals surface area contributed by atoms with Crippen LogP contribution in [0.5, 0.6) is 0 Å². The Kier molecular flexibility index (Phi) is 4.65. The van der Waals surface area contributed by atoms with Crippen LogP contribution in [0.4, 0.5) is 0 Å². The van der Waals surface area contributed by atoms with Crippen LogP contribution in [-0.4, -0.2) is 11.9 Å². The monoisotopic (exact) mass is 487 g/mol. The van der Waals surface area contributed by atoms with Crippen molar-refractivity contribution in [2.24, 2.45) is 4.99 Å². The Balaban J connectivity index is 2.00. The van der Waals surface area contributed by atoms with Crippen LogP contribution in [-0.2, 0) is 9.53 Å². The van der Waals surface area contributed by atoms with Crippen molar-refractivity contribution in [1.82, 2.24) is 0 Å². The van der Waals surface area contributed by atoms with Crippen LogP contribution in [0, 0.1) is 3.57 Å². The van der Waals surface area contributed by atoms with E-state index in [0.717, 1.165) is 13.6 Å². The average Bonchev–Trinajstić information content (AvgIpc) is 2.83. The van der Waals surface area contributed by atoms with Gasteiger partial charge >= 0.3 is 5.97 Å². The van der Waals surface area contributed by atoms with Gasteiger partial charge in [0.25, 0.3) is 0 Å². The van der Waals surface area contributed by atoms with Crippen molar-refractivity contribution in [1.29, 1.82) is 0 Å². The average molecular weight is 489 g/mol. The highest BCUT2D eigenvalue weighted by Crippen LogP contribution is 2.25. The van der Waals surface area contributed by atoms with E-state index in [1.54, 1.807) is 12.1 Å². The normalized spacial score (nSPS) is 15.9. The zero-order valence-electron chi connectivity index (χ0n) is 11.0. The number of carbonyl (C=O) groups excluding carboxylic acids is 1. The number of esters is 1.